The molecule has 0 radical (unpaired) electrons. The monoisotopic (exact) mass is 404 g/mol. The van der Waals surface area contributed by atoms with Crippen molar-refractivity contribution in [1.29, 1.82) is 0 Å². The van der Waals surface area contributed by atoms with Crippen LogP contribution in [-0.4, -0.2) is 20.0 Å². The van der Waals surface area contributed by atoms with Crippen molar-refractivity contribution in [1.82, 2.24) is 9.78 Å². The first-order valence-corrected chi connectivity index (χ1v) is 10.5. The summed E-state index contributed by atoms with van der Waals surface area (Å²) in [6.45, 7) is 2.25. The normalized spacial score (nSPS) is 24.0. The highest BCUT2D eigenvalue weighted by Crippen LogP contribution is 2.54. The summed E-state index contributed by atoms with van der Waals surface area (Å²) < 4.78 is 15.2. The first-order chi connectivity index (χ1) is 14.5. The van der Waals surface area contributed by atoms with Gasteiger partial charge >= 0.3 is 0 Å². The molecule has 154 valence electrons. The fraction of sp³-hybridized carbons (Fsp3) is 0.320. The van der Waals surface area contributed by atoms with Crippen LogP contribution in [0, 0.1) is 17.2 Å². The van der Waals surface area contributed by atoms with Gasteiger partial charge in [0.1, 0.15) is 11.6 Å². The largest absolute Gasteiger partial charge is 0.508 e. The predicted molar refractivity (Wildman–Crippen MR) is 114 cm³/mol. The van der Waals surface area contributed by atoms with E-state index >= 15 is 0 Å². The van der Waals surface area contributed by atoms with E-state index in [4.69, 9.17) is 0 Å². The Labute approximate surface area is 175 Å². The number of hydrogen-bond donors (Lipinski definition) is 2. The number of fused-ring (bicyclic) bond motifs is 2. The molecule has 0 spiro atoms. The topological polar surface area (TPSA) is 58.3 Å². The number of hydrogen-bond acceptors (Lipinski definition) is 3. The molecule has 0 aliphatic heterocycles. The van der Waals surface area contributed by atoms with Gasteiger partial charge in [0.25, 0.3) is 0 Å². The van der Waals surface area contributed by atoms with Crippen molar-refractivity contribution >= 4 is 6.08 Å². The molecule has 0 amide bonds. The molecule has 2 aromatic carbocycles. The molecule has 4 nitrogen and oxygen atoms in total. The Morgan fingerprint density at radius 1 is 1.13 bits per heavy atom. The van der Waals surface area contributed by atoms with E-state index in [1.165, 1.54) is 17.7 Å². The van der Waals surface area contributed by atoms with Gasteiger partial charge < -0.3 is 10.2 Å². The van der Waals surface area contributed by atoms with Crippen molar-refractivity contribution in [2.24, 2.45) is 11.3 Å². The second-order valence-corrected chi connectivity index (χ2v) is 8.74. The summed E-state index contributed by atoms with van der Waals surface area (Å²) in [5.41, 5.74) is 5.07. The Bertz CT molecular complexity index is 1100. The number of benzene rings is 2. The van der Waals surface area contributed by atoms with Gasteiger partial charge in [-0.15, -0.1) is 0 Å². The first kappa shape index (κ1) is 19.1. The maximum absolute atomic E-state index is 13.3. The third-order valence-electron chi connectivity index (χ3n) is 6.95. The van der Waals surface area contributed by atoms with E-state index in [-0.39, 0.29) is 22.9 Å². The molecule has 2 N–H and O–H groups in total. The van der Waals surface area contributed by atoms with Crippen molar-refractivity contribution in [3.63, 3.8) is 0 Å². The second-order valence-electron chi connectivity index (χ2n) is 8.74. The van der Waals surface area contributed by atoms with Crippen LogP contribution in [0.5, 0.6) is 5.75 Å². The quantitative estimate of drug-likeness (QED) is 0.631. The highest BCUT2D eigenvalue weighted by molar-refractivity contribution is 5.61. The van der Waals surface area contributed by atoms with Crippen LogP contribution in [0.2, 0.25) is 0 Å². The van der Waals surface area contributed by atoms with Crippen LogP contribution in [0.25, 0.3) is 11.8 Å². The summed E-state index contributed by atoms with van der Waals surface area (Å²) in [7, 11) is 0. The van der Waals surface area contributed by atoms with Crippen LogP contribution >= 0.6 is 0 Å². The zero-order chi connectivity index (χ0) is 20.9. The molecule has 1 saturated carbocycles. The molecule has 2 aliphatic carbocycles. The number of aliphatic hydroxyl groups excluding tert-OH is 1. The van der Waals surface area contributed by atoms with Crippen LogP contribution in [0.3, 0.4) is 0 Å². The van der Waals surface area contributed by atoms with Gasteiger partial charge in [0, 0.05) is 0 Å². The summed E-state index contributed by atoms with van der Waals surface area (Å²) in [5, 5.41) is 25.4. The van der Waals surface area contributed by atoms with Gasteiger partial charge in [0.15, 0.2) is 0 Å². The zero-order valence-corrected chi connectivity index (χ0v) is 16.9. The molecule has 3 aromatic rings. The lowest BCUT2D eigenvalue weighted by Crippen LogP contribution is -2.40. The minimum Gasteiger partial charge on any atom is -0.508 e. The SMILES string of the molecule is C[C@]12Cc3cnn(-c4ccc(F)cc4)c3C=C1CCCC2[C@@H](O)c1ccc(O)cc1. The highest BCUT2D eigenvalue weighted by Gasteiger charge is 2.46. The van der Waals surface area contributed by atoms with Crippen molar-refractivity contribution in [2.45, 2.75) is 38.7 Å². The molecule has 0 saturated heterocycles. The van der Waals surface area contributed by atoms with Gasteiger partial charge in [-0.1, -0.05) is 24.6 Å². The van der Waals surface area contributed by atoms with E-state index in [1.807, 2.05) is 23.0 Å². The number of allylic oxidation sites excluding steroid dienone is 1. The molecule has 2 aliphatic rings. The van der Waals surface area contributed by atoms with E-state index in [2.05, 4.69) is 18.1 Å². The lowest BCUT2D eigenvalue weighted by atomic mass is 9.57. The second kappa shape index (κ2) is 7.10. The number of halogens is 1. The molecule has 1 heterocycles. The zero-order valence-electron chi connectivity index (χ0n) is 16.9. The molecule has 5 heteroatoms. The maximum atomic E-state index is 13.3. The summed E-state index contributed by atoms with van der Waals surface area (Å²) in [5.74, 6) is 0.0327. The number of nitrogens with zero attached hydrogens (tertiary/aromatic N) is 2. The fourth-order valence-corrected chi connectivity index (χ4v) is 5.28. The van der Waals surface area contributed by atoms with Crippen molar-refractivity contribution < 1.29 is 14.6 Å². The van der Waals surface area contributed by atoms with E-state index in [0.717, 1.165) is 48.2 Å². The number of rotatable bonds is 3. The van der Waals surface area contributed by atoms with E-state index < -0.39 is 6.10 Å². The highest BCUT2D eigenvalue weighted by atomic mass is 19.1. The maximum Gasteiger partial charge on any atom is 0.123 e. The fourth-order valence-electron chi connectivity index (χ4n) is 5.28. The Morgan fingerprint density at radius 3 is 2.60 bits per heavy atom. The van der Waals surface area contributed by atoms with Gasteiger partial charge in [-0.25, -0.2) is 9.07 Å². The Morgan fingerprint density at radius 2 is 1.87 bits per heavy atom. The molecular weight excluding hydrogens is 379 g/mol. The van der Waals surface area contributed by atoms with Crippen LogP contribution < -0.4 is 0 Å². The van der Waals surface area contributed by atoms with Gasteiger partial charge in [-0.3, -0.25) is 0 Å². The third kappa shape index (κ3) is 3.05. The molecule has 1 fully saturated rings. The number of phenols is 1. The lowest BCUT2D eigenvalue weighted by molar-refractivity contribution is 0.0217. The van der Waals surface area contributed by atoms with Crippen molar-refractivity contribution in [2.75, 3.05) is 0 Å². The average Bonchev–Trinajstić information content (AvgIpc) is 3.14. The predicted octanol–water partition coefficient (Wildman–Crippen LogP) is 5.20. The molecule has 3 atom stereocenters. The Kier molecular flexibility index (Phi) is 4.51. The average molecular weight is 404 g/mol. The van der Waals surface area contributed by atoms with Crippen LogP contribution in [-0.2, 0) is 6.42 Å². The molecule has 1 unspecified atom stereocenters. The summed E-state index contributed by atoms with van der Waals surface area (Å²) in [6.07, 6.45) is 7.34. The van der Waals surface area contributed by atoms with Crippen molar-refractivity contribution in [3.05, 3.63) is 82.9 Å². The van der Waals surface area contributed by atoms with Gasteiger partial charge in [-0.2, -0.15) is 5.10 Å². The minimum absolute atomic E-state index is 0.0874. The lowest BCUT2D eigenvalue weighted by Gasteiger charge is -2.47. The first-order valence-electron chi connectivity index (χ1n) is 10.5. The van der Waals surface area contributed by atoms with Gasteiger partial charge in [-0.05, 0) is 90.6 Å². The summed E-state index contributed by atoms with van der Waals surface area (Å²) >= 11 is 0. The van der Waals surface area contributed by atoms with Crippen molar-refractivity contribution in [3.8, 4) is 11.4 Å². The molecule has 1 aromatic heterocycles. The number of aromatic nitrogens is 2. The molecule has 0 bridgehead atoms. The van der Waals surface area contributed by atoms with Crippen LogP contribution in [0.15, 0.2) is 60.3 Å². The van der Waals surface area contributed by atoms with Gasteiger partial charge in [0.2, 0.25) is 0 Å². The van der Waals surface area contributed by atoms with Gasteiger partial charge in [0.05, 0.1) is 23.7 Å². The molecule has 30 heavy (non-hydrogen) atoms. The number of aromatic hydroxyl groups is 1. The van der Waals surface area contributed by atoms with E-state index in [0.29, 0.717) is 0 Å². The van der Waals surface area contributed by atoms with E-state index in [9.17, 15) is 14.6 Å². The van der Waals surface area contributed by atoms with Crippen LogP contribution in [0.4, 0.5) is 4.39 Å². The standard InChI is InChI=1S/C25H25FN2O2/c1-25-14-17-15-27-28(20-9-7-19(26)8-10-20)23(17)13-18(25)3-2-4-22(25)24(30)16-5-11-21(29)12-6-16/h5-13,15,22,24,29-30H,2-4,14H2,1H3/t22?,24-,25-/m0/s1. The minimum atomic E-state index is -0.590. The van der Waals surface area contributed by atoms with Crippen LogP contribution in [0.1, 0.15) is 49.1 Å². The smallest absolute Gasteiger partial charge is 0.123 e. The number of aliphatic hydroxyl groups is 1. The summed E-state index contributed by atoms with van der Waals surface area (Å²) in [6, 6.07) is 13.3. The molecule has 5 rings (SSSR count). The Hall–Kier alpha value is -2.92. The molecular formula is C25H25FN2O2. The van der Waals surface area contributed by atoms with E-state index in [1.54, 1.807) is 24.3 Å². The number of phenolic OH excluding ortho intramolecular Hbond substituents is 1. The Balaban J connectivity index is 1.51. The summed E-state index contributed by atoms with van der Waals surface area (Å²) in [4.78, 5) is 0. The third-order valence-corrected chi connectivity index (χ3v) is 6.95.